The second-order valence-electron chi connectivity index (χ2n) is 5.22. The quantitative estimate of drug-likeness (QED) is 0.793. The number of pyridine rings is 1. The Kier molecular flexibility index (Phi) is 3.25. The Hall–Kier alpha value is -2.56. The molecule has 2 heterocycles. The molecule has 5 nitrogen and oxygen atoms in total. The van der Waals surface area contributed by atoms with Crippen molar-refractivity contribution in [3.8, 4) is 0 Å². The SMILES string of the molecule is Cc1c2c(=O)n(C)[nH]c2cc(=O)n1CCc1ccccc1. The molecule has 21 heavy (non-hydrogen) atoms. The average molecular weight is 283 g/mol. The van der Waals surface area contributed by atoms with E-state index in [1.165, 1.54) is 16.3 Å². The predicted octanol–water partition coefficient (Wildman–Crippen LogP) is 1.58. The number of aromatic amines is 1. The van der Waals surface area contributed by atoms with Crippen LogP contribution in [0, 0.1) is 6.92 Å². The summed E-state index contributed by atoms with van der Waals surface area (Å²) in [5.74, 6) is 0. The fourth-order valence-corrected chi connectivity index (χ4v) is 2.69. The van der Waals surface area contributed by atoms with Crippen molar-refractivity contribution in [1.82, 2.24) is 14.3 Å². The van der Waals surface area contributed by atoms with E-state index in [-0.39, 0.29) is 11.1 Å². The molecular formula is C16H17N3O2. The number of aromatic nitrogens is 3. The standard InChI is InChI=1S/C16H17N3O2/c1-11-15-13(17-18(2)16(15)21)10-14(20)19(11)9-8-12-6-4-3-5-7-12/h3-7,10,17H,8-9H2,1-2H3. The molecule has 3 rings (SSSR count). The maximum absolute atomic E-state index is 12.2. The summed E-state index contributed by atoms with van der Waals surface area (Å²) in [6, 6.07) is 11.5. The third-order valence-electron chi connectivity index (χ3n) is 3.84. The van der Waals surface area contributed by atoms with E-state index in [0.29, 0.717) is 17.4 Å². The highest BCUT2D eigenvalue weighted by atomic mass is 16.1. The number of hydrogen-bond acceptors (Lipinski definition) is 2. The Morgan fingerprint density at radius 2 is 1.86 bits per heavy atom. The third kappa shape index (κ3) is 2.31. The molecule has 5 heteroatoms. The van der Waals surface area contributed by atoms with Gasteiger partial charge in [-0.2, -0.15) is 0 Å². The van der Waals surface area contributed by atoms with Crippen molar-refractivity contribution in [3.05, 3.63) is 68.4 Å². The fraction of sp³-hybridized carbons (Fsp3) is 0.250. The Balaban J connectivity index is 2.04. The fourth-order valence-electron chi connectivity index (χ4n) is 2.69. The average Bonchev–Trinajstić information content (AvgIpc) is 2.74. The minimum absolute atomic E-state index is 0.0854. The second-order valence-corrected chi connectivity index (χ2v) is 5.22. The third-order valence-corrected chi connectivity index (χ3v) is 3.84. The summed E-state index contributed by atoms with van der Waals surface area (Å²) >= 11 is 0. The number of H-pyrrole nitrogens is 1. The Morgan fingerprint density at radius 1 is 1.14 bits per heavy atom. The van der Waals surface area contributed by atoms with Crippen LogP contribution in [0.4, 0.5) is 0 Å². The molecule has 0 spiro atoms. The van der Waals surface area contributed by atoms with Gasteiger partial charge < -0.3 is 4.57 Å². The lowest BCUT2D eigenvalue weighted by molar-refractivity contribution is 0.655. The van der Waals surface area contributed by atoms with Crippen molar-refractivity contribution in [3.63, 3.8) is 0 Å². The zero-order valence-corrected chi connectivity index (χ0v) is 12.1. The molecular weight excluding hydrogens is 266 g/mol. The van der Waals surface area contributed by atoms with Crippen LogP contribution in [0.15, 0.2) is 46.0 Å². The normalized spacial score (nSPS) is 11.1. The number of rotatable bonds is 3. The van der Waals surface area contributed by atoms with Crippen molar-refractivity contribution in [1.29, 1.82) is 0 Å². The van der Waals surface area contributed by atoms with Crippen LogP contribution in [-0.2, 0) is 20.0 Å². The van der Waals surface area contributed by atoms with Gasteiger partial charge in [0.25, 0.3) is 11.1 Å². The summed E-state index contributed by atoms with van der Waals surface area (Å²) in [7, 11) is 1.65. The van der Waals surface area contributed by atoms with Crippen molar-refractivity contribution < 1.29 is 0 Å². The molecule has 0 amide bonds. The lowest BCUT2D eigenvalue weighted by Crippen LogP contribution is -2.24. The monoisotopic (exact) mass is 283 g/mol. The summed E-state index contributed by atoms with van der Waals surface area (Å²) < 4.78 is 3.07. The molecule has 0 aliphatic carbocycles. The Bertz CT molecular complexity index is 901. The molecule has 1 N–H and O–H groups in total. The molecule has 0 saturated carbocycles. The first-order chi connectivity index (χ1) is 10.1. The minimum atomic E-state index is -0.101. The van der Waals surface area contributed by atoms with E-state index < -0.39 is 0 Å². The molecule has 0 bridgehead atoms. The topological polar surface area (TPSA) is 59.8 Å². The summed E-state index contributed by atoms with van der Waals surface area (Å²) in [5, 5.41) is 3.49. The van der Waals surface area contributed by atoms with Gasteiger partial charge >= 0.3 is 0 Å². The van der Waals surface area contributed by atoms with E-state index in [4.69, 9.17) is 0 Å². The Labute approximate surface area is 121 Å². The molecule has 108 valence electrons. The Morgan fingerprint density at radius 3 is 2.57 bits per heavy atom. The molecule has 0 unspecified atom stereocenters. The van der Waals surface area contributed by atoms with Gasteiger partial charge in [0.2, 0.25) is 0 Å². The van der Waals surface area contributed by atoms with Gasteiger partial charge in [-0.1, -0.05) is 30.3 Å². The zero-order chi connectivity index (χ0) is 15.0. The van der Waals surface area contributed by atoms with Crippen molar-refractivity contribution in [2.45, 2.75) is 19.9 Å². The number of hydrogen-bond donors (Lipinski definition) is 1. The van der Waals surface area contributed by atoms with Gasteiger partial charge in [0.15, 0.2) is 0 Å². The molecule has 1 aromatic carbocycles. The summed E-state index contributed by atoms with van der Waals surface area (Å²) in [4.78, 5) is 24.3. The van der Waals surface area contributed by atoms with Crippen LogP contribution < -0.4 is 11.1 Å². The molecule has 0 fully saturated rings. The minimum Gasteiger partial charge on any atom is -0.312 e. The first kappa shape index (κ1) is 13.4. The molecule has 0 saturated heterocycles. The van der Waals surface area contributed by atoms with Gasteiger partial charge in [-0.05, 0) is 18.9 Å². The van der Waals surface area contributed by atoms with E-state index in [1.54, 1.807) is 11.6 Å². The molecule has 0 radical (unpaired) electrons. The summed E-state index contributed by atoms with van der Waals surface area (Å²) in [5.41, 5.74) is 2.30. The molecule has 3 aromatic rings. The zero-order valence-electron chi connectivity index (χ0n) is 12.1. The number of nitrogens with one attached hydrogen (secondary N) is 1. The van der Waals surface area contributed by atoms with Gasteiger partial charge in [0.05, 0.1) is 10.9 Å². The van der Waals surface area contributed by atoms with Crippen molar-refractivity contribution in [2.75, 3.05) is 0 Å². The van der Waals surface area contributed by atoms with Crippen LogP contribution in [0.5, 0.6) is 0 Å². The second kappa shape index (κ2) is 5.09. The van der Waals surface area contributed by atoms with Crippen molar-refractivity contribution in [2.24, 2.45) is 7.05 Å². The number of benzene rings is 1. The predicted molar refractivity (Wildman–Crippen MR) is 82.7 cm³/mol. The number of nitrogens with zero attached hydrogens (tertiary/aromatic N) is 2. The van der Waals surface area contributed by atoms with Gasteiger partial charge in [-0.3, -0.25) is 19.4 Å². The highest BCUT2D eigenvalue weighted by Crippen LogP contribution is 2.11. The highest BCUT2D eigenvalue weighted by molar-refractivity contribution is 5.79. The van der Waals surface area contributed by atoms with Gasteiger partial charge in [-0.15, -0.1) is 0 Å². The van der Waals surface area contributed by atoms with E-state index in [2.05, 4.69) is 5.10 Å². The van der Waals surface area contributed by atoms with Crippen LogP contribution in [0.1, 0.15) is 11.3 Å². The van der Waals surface area contributed by atoms with E-state index in [0.717, 1.165) is 12.1 Å². The number of aryl methyl sites for hydroxylation is 3. The maximum atomic E-state index is 12.2. The molecule has 0 aliphatic rings. The number of fused-ring (bicyclic) bond motifs is 1. The summed E-state index contributed by atoms with van der Waals surface area (Å²) in [6.45, 7) is 2.39. The van der Waals surface area contributed by atoms with Gasteiger partial charge in [0.1, 0.15) is 0 Å². The molecule has 0 atom stereocenters. The van der Waals surface area contributed by atoms with Crippen molar-refractivity contribution >= 4 is 10.9 Å². The van der Waals surface area contributed by atoms with Crippen LogP contribution >= 0.6 is 0 Å². The van der Waals surface area contributed by atoms with E-state index >= 15 is 0 Å². The maximum Gasteiger partial charge on any atom is 0.275 e. The van der Waals surface area contributed by atoms with Crippen LogP contribution in [0.25, 0.3) is 10.9 Å². The first-order valence-corrected chi connectivity index (χ1v) is 6.91. The molecule has 0 aliphatic heterocycles. The lowest BCUT2D eigenvalue weighted by Gasteiger charge is -2.10. The van der Waals surface area contributed by atoms with Crippen LogP contribution in [-0.4, -0.2) is 14.3 Å². The smallest absolute Gasteiger partial charge is 0.275 e. The van der Waals surface area contributed by atoms with Crippen LogP contribution in [0.3, 0.4) is 0 Å². The van der Waals surface area contributed by atoms with E-state index in [1.807, 2.05) is 37.3 Å². The lowest BCUT2D eigenvalue weighted by atomic mass is 10.1. The van der Waals surface area contributed by atoms with Gasteiger partial charge in [-0.25, -0.2) is 0 Å². The summed E-state index contributed by atoms with van der Waals surface area (Å²) in [6.07, 6.45) is 0.762. The first-order valence-electron chi connectivity index (χ1n) is 6.91. The highest BCUT2D eigenvalue weighted by Gasteiger charge is 2.12. The van der Waals surface area contributed by atoms with Crippen LogP contribution in [0.2, 0.25) is 0 Å². The largest absolute Gasteiger partial charge is 0.312 e. The van der Waals surface area contributed by atoms with E-state index in [9.17, 15) is 9.59 Å². The molecule has 2 aromatic heterocycles. The van der Waals surface area contributed by atoms with Gasteiger partial charge in [0, 0.05) is 25.4 Å².